The van der Waals surface area contributed by atoms with Gasteiger partial charge in [0.1, 0.15) is 5.82 Å². The van der Waals surface area contributed by atoms with Crippen molar-refractivity contribution in [2.75, 3.05) is 18.5 Å². The molecule has 1 unspecified atom stereocenters. The van der Waals surface area contributed by atoms with Crippen LogP contribution in [0.4, 0.5) is 10.3 Å². The van der Waals surface area contributed by atoms with Crippen LogP contribution in [-0.4, -0.2) is 35.5 Å². The highest BCUT2D eigenvalue weighted by atomic mass is 32.2. The minimum absolute atomic E-state index is 0.0699. The monoisotopic (exact) mass is 336 g/mol. The summed E-state index contributed by atoms with van der Waals surface area (Å²) in [5, 5.41) is 0. The molecule has 1 aromatic heterocycles. The minimum atomic E-state index is -3.36. The highest BCUT2D eigenvalue weighted by Crippen LogP contribution is 2.38. The van der Waals surface area contributed by atoms with E-state index in [4.69, 9.17) is 5.73 Å². The molecule has 1 aromatic carbocycles. The van der Waals surface area contributed by atoms with E-state index >= 15 is 0 Å². The van der Waals surface area contributed by atoms with Gasteiger partial charge in [-0.05, 0) is 30.5 Å². The lowest BCUT2D eigenvalue weighted by atomic mass is 10.0. The normalized spacial score (nSPS) is 19.1. The lowest BCUT2D eigenvalue weighted by Crippen LogP contribution is -2.30. The van der Waals surface area contributed by atoms with Gasteiger partial charge in [0.25, 0.3) is 0 Å². The third-order valence-corrected chi connectivity index (χ3v) is 5.21. The zero-order chi connectivity index (χ0) is 16.6. The van der Waals surface area contributed by atoms with E-state index < -0.39 is 16.1 Å². The van der Waals surface area contributed by atoms with Crippen LogP contribution < -0.4 is 5.73 Å². The smallest absolute Gasteiger partial charge is 0.220 e. The van der Waals surface area contributed by atoms with Crippen molar-refractivity contribution in [2.24, 2.45) is 0 Å². The Balaban J connectivity index is 2.14. The Labute approximate surface area is 134 Å². The molecular formula is C15H17FN4O2S. The largest absolute Gasteiger partial charge is 0.368 e. The molecule has 1 aliphatic heterocycles. The summed E-state index contributed by atoms with van der Waals surface area (Å²) in [5.74, 6) is -0.308. The van der Waals surface area contributed by atoms with Crippen LogP contribution >= 0.6 is 0 Å². The fraction of sp³-hybridized carbons (Fsp3) is 0.333. The van der Waals surface area contributed by atoms with Crippen molar-refractivity contribution in [1.82, 2.24) is 14.3 Å². The van der Waals surface area contributed by atoms with Gasteiger partial charge in [-0.2, -0.15) is 4.31 Å². The predicted octanol–water partition coefficient (Wildman–Crippen LogP) is 1.96. The molecule has 0 saturated carbocycles. The molecule has 0 radical (unpaired) electrons. The molecule has 0 amide bonds. The van der Waals surface area contributed by atoms with Crippen molar-refractivity contribution in [1.29, 1.82) is 0 Å². The van der Waals surface area contributed by atoms with Gasteiger partial charge in [0, 0.05) is 18.3 Å². The van der Waals surface area contributed by atoms with Crippen LogP contribution in [-0.2, 0) is 10.0 Å². The number of hydrogen-bond acceptors (Lipinski definition) is 5. The molecule has 1 fully saturated rings. The molecule has 0 aliphatic carbocycles. The number of nitrogens with two attached hydrogens (primary N) is 1. The number of anilines is 1. The van der Waals surface area contributed by atoms with Crippen molar-refractivity contribution in [2.45, 2.75) is 18.9 Å². The summed E-state index contributed by atoms with van der Waals surface area (Å²) in [6, 6.07) is 5.64. The van der Waals surface area contributed by atoms with E-state index in [1.165, 1.54) is 28.9 Å². The van der Waals surface area contributed by atoms with Crippen molar-refractivity contribution in [3.05, 3.63) is 42.0 Å². The van der Waals surface area contributed by atoms with Crippen LogP contribution in [0, 0.1) is 5.82 Å². The number of hydrogen-bond donors (Lipinski definition) is 1. The van der Waals surface area contributed by atoms with E-state index in [2.05, 4.69) is 9.97 Å². The van der Waals surface area contributed by atoms with E-state index in [1.54, 1.807) is 12.1 Å². The predicted molar refractivity (Wildman–Crippen MR) is 85.4 cm³/mol. The number of halogens is 1. The summed E-state index contributed by atoms with van der Waals surface area (Å²) in [6.07, 6.45) is 4.08. The number of aromatic nitrogens is 2. The fourth-order valence-electron chi connectivity index (χ4n) is 2.95. The molecule has 0 bridgehead atoms. The first-order valence-corrected chi connectivity index (χ1v) is 9.06. The Morgan fingerprint density at radius 3 is 2.87 bits per heavy atom. The van der Waals surface area contributed by atoms with E-state index in [0.29, 0.717) is 29.8 Å². The number of sulfonamides is 1. The molecule has 8 heteroatoms. The van der Waals surface area contributed by atoms with E-state index in [9.17, 15) is 12.8 Å². The fourth-order valence-corrected chi connectivity index (χ4v) is 4.08. The Morgan fingerprint density at radius 1 is 1.39 bits per heavy atom. The van der Waals surface area contributed by atoms with Crippen LogP contribution in [0.1, 0.15) is 24.6 Å². The van der Waals surface area contributed by atoms with Crippen LogP contribution in [0.15, 0.2) is 30.5 Å². The van der Waals surface area contributed by atoms with Gasteiger partial charge < -0.3 is 5.73 Å². The van der Waals surface area contributed by atoms with Gasteiger partial charge in [0.15, 0.2) is 0 Å². The number of benzene rings is 1. The summed E-state index contributed by atoms with van der Waals surface area (Å²) < 4.78 is 38.9. The van der Waals surface area contributed by atoms with Gasteiger partial charge in [-0.25, -0.2) is 22.8 Å². The van der Waals surface area contributed by atoms with Gasteiger partial charge in [0.2, 0.25) is 16.0 Å². The summed E-state index contributed by atoms with van der Waals surface area (Å²) in [4.78, 5) is 8.24. The van der Waals surface area contributed by atoms with Gasteiger partial charge in [-0.1, -0.05) is 12.1 Å². The first kappa shape index (κ1) is 15.8. The standard InChI is InChI=1S/C15H17FN4O2S/c1-23(21,22)20-7-3-6-13(20)14-12(9-18-15(17)19-14)10-4-2-5-11(16)8-10/h2,4-5,8-9,13H,3,6-7H2,1H3,(H2,17,18,19). The Morgan fingerprint density at radius 2 is 2.17 bits per heavy atom. The number of nitrogen functional groups attached to an aromatic ring is 1. The SMILES string of the molecule is CS(=O)(=O)N1CCCC1c1nc(N)ncc1-c1cccc(F)c1. The second-order valence-electron chi connectivity index (χ2n) is 5.57. The van der Waals surface area contributed by atoms with Crippen LogP contribution in [0.5, 0.6) is 0 Å². The molecule has 1 aliphatic rings. The Kier molecular flexibility index (Phi) is 4.03. The molecule has 3 rings (SSSR count). The second kappa shape index (κ2) is 5.86. The van der Waals surface area contributed by atoms with E-state index in [1.807, 2.05) is 0 Å². The zero-order valence-electron chi connectivity index (χ0n) is 12.6. The maximum absolute atomic E-state index is 13.5. The van der Waals surface area contributed by atoms with Gasteiger partial charge in [0.05, 0.1) is 18.0 Å². The molecule has 0 spiro atoms. The van der Waals surface area contributed by atoms with Crippen molar-refractivity contribution < 1.29 is 12.8 Å². The zero-order valence-corrected chi connectivity index (χ0v) is 13.4. The van der Waals surface area contributed by atoms with Gasteiger partial charge in [-0.3, -0.25) is 0 Å². The summed E-state index contributed by atoms with van der Waals surface area (Å²) in [5.41, 5.74) is 7.41. The van der Waals surface area contributed by atoms with Crippen molar-refractivity contribution >= 4 is 16.0 Å². The molecule has 6 nitrogen and oxygen atoms in total. The third kappa shape index (κ3) is 3.18. The molecule has 1 saturated heterocycles. The highest BCUT2D eigenvalue weighted by molar-refractivity contribution is 7.88. The molecule has 2 heterocycles. The molecule has 2 aromatic rings. The van der Waals surface area contributed by atoms with Crippen molar-refractivity contribution in [3.8, 4) is 11.1 Å². The van der Waals surface area contributed by atoms with Crippen LogP contribution in [0.25, 0.3) is 11.1 Å². The quantitative estimate of drug-likeness (QED) is 0.925. The summed E-state index contributed by atoms with van der Waals surface area (Å²) in [7, 11) is -3.36. The summed E-state index contributed by atoms with van der Waals surface area (Å²) in [6.45, 7) is 0.440. The number of nitrogens with zero attached hydrogens (tertiary/aromatic N) is 3. The lowest BCUT2D eigenvalue weighted by molar-refractivity contribution is 0.394. The third-order valence-electron chi connectivity index (χ3n) is 3.92. The molecule has 122 valence electrons. The average Bonchev–Trinajstić information content (AvgIpc) is 2.96. The summed E-state index contributed by atoms with van der Waals surface area (Å²) >= 11 is 0. The van der Waals surface area contributed by atoms with Crippen molar-refractivity contribution in [3.63, 3.8) is 0 Å². The first-order chi connectivity index (χ1) is 10.9. The topological polar surface area (TPSA) is 89.2 Å². The van der Waals surface area contributed by atoms with Crippen LogP contribution in [0.2, 0.25) is 0 Å². The maximum Gasteiger partial charge on any atom is 0.220 e. The van der Waals surface area contributed by atoms with Crippen LogP contribution in [0.3, 0.4) is 0 Å². The molecule has 2 N–H and O–H groups in total. The molecular weight excluding hydrogens is 319 g/mol. The Hall–Kier alpha value is -2.06. The van der Waals surface area contributed by atoms with Gasteiger partial charge in [-0.15, -0.1) is 0 Å². The Bertz CT molecular complexity index is 841. The molecule has 1 atom stereocenters. The highest BCUT2D eigenvalue weighted by Gasteiger charge is 2.35. The van der Waals surface area contributed by atoms with E-state index in [0.717, 1.165) is 6.42 Å². The number of rotatable bonds is 3. The van der Waals surface area contributed by atoms with E-state index in [-0.39, 0.29) is 11.8 Å². The van der Waals surface area contributed by atoms with Gasteiger partial charge >= 0.3 is 0 Å². The first-order valence-electron chi connectivity index (χ1n) is 7.21. The minimum Gasteiger partial charge on any atom is -0.368 e. The lowest BCUT2D eigenvalue weighted by Gasteiger charge is -2.23. The average molecular weight is 336 g/mol. The molecule has 23 heavy (non-hydrogen) atoms. The second-order valence-corrected chi connectivity index (χ2v) is 7.50. The maximum atomic E-state index is 13.5.